The van der Waals surface area contributed by atoms with E-state index < -0.39 is 0 Å². The van der Waals surface area contributed by atoms with Crippen LogP contribution in [0, 0.1) is 0 Å². The molecule has 0 radical (unpaired) electrons. The zero-order valence-corrected chi connectivity index (χ0v) is 13.6. The third-order valence-electron chi connectivity index (χ3n) is 3.28. The molecule has 0 bridgehead atoms. The van der Waals surface area contributed by atoms with Crippen LogP contribution >= 0.6 is 23.2 Å². The minimum absolute atomic E-state index is 0.135. The SMILES string of the molecule is O=C(CNCc1ccc2c(c1)OCO2)Nc1c(Cl)cccc1Cl. The van der Waals surface area contributed by atoms with E-state index in [1.165, 1.54) is 0 Å². The van der Waals surface area contributed by atoms with Gasteiger partial charge in [-0.15, -0.1) is 0 Å². The molecule has 0 fully saturated rings. The molecule has 1 aliphatic rings. The van der Waals surface area contributed by atoms with Crippen molar-refractivity contribution in [1.29, 1.82) is 0 Å². The molecule has 120 valence electrons. The van der Waals surface area contributed by atoms with E-state index in [9.17, 15) is 4.79 Å². The summed E-state index contributed by atoms with van der Waals surface area (Å²) in [7, 11) is 0. The topological polar surface area (TPSA) is 59.6 Å². The predicted octanol–water partition coefficient (Wildman–Crippen LogP) is 3.45. The Kier molecular flexibility index (Phi) is 4.91. The van der Waals surface area contributed by atoms with Crippen molar-refractivity contribution in [3.8, 4) is 11.5 Å². The van der Waals surface area contributed by atoms with E-state index in [2.05, 4.69) is 10.6 Å². The fourth-order valence-electron chi connectivity index (χ4n) is 2.17. The zero-order chi connectivity index (χ0) is 16.2. The Balaban J connectivity index is 1.51. The summed E-state index contributed by atoms with van der Waals surface area (Å²) in [5.41, 5.74) is 1.42. The van der Waals surface area contributed by atoms with Gasteiger partial charge in [-0.2, -0.15) is 0 Å². The second-order valence-electron chi connectivity index (χ2n) is 4.94. The summed E-state index contributed by atoms with van der Waals surface area (Å²) in [4.78, 5) is 12.0. The van der Waals surface area contributed by atoms with Gasteiger partial charge < -0.3 is 20.1 Å². The highest BCUT2D eigenvalue weighted by molar-refractivity contribution is 6.39. The predicted molar refractivity (Wildman–Crippen MR) is 89.4 cm³/mol. The van der Waals surface area contributed by atoms with E-state index in [4.69, 9.17) is 32.7 Å². The summed E-state index contributed by atoms with van der Waals surface area (Å²) < 4.78 is 10.6. The average molecular weight is 353 g/mol. The van der Waals surface area contributed by atoms with Crippen molar-refractivity contribution in [1.82, 2.24) is 5.32 Å². The molecule has 0 aromatic heterocycles. The number of para-hydroxylation sites is 1. The van der Waals surface area contributed by atoms with Crippen molar-refractivity contribution in [3.05, 3.63) is 52.0 Å². The number of rotatable bonds is 5. The molecule has 1 aliphatic heterocycles. The lowest BCUT2D eigenvalue weighted by molar-refractivity contribution is -0.115. The summed E-state index contributed by atoms with van der Waals surface area (Å²) in [6, 6.07) is 10.7. The lowest BCUT2D eigenvalue weighted by Gasteiger charge is -2.10. The smallest absolute Gasteiger partial charge is 0.238 e. The van der Waals surface area contributed by atoms with Crippen LogP contribution in [0.1, 0.15) is 5.56 Å². The molecule has 0 unspecified atom stereocenters. The lowest BCUT2D eigenvalue weighted by atomic mass is 10.2. The van der Waals surface area contributed by atoms with Crippen LogP contribution in [0.4, 0.5) is 5.69 Å². The highest BCUT2D eigenvalue weighted by atomic mass is 35.5. The van der Waals surface area contributed by atoms with E-state index in [1.807, 2.05) is 18.2 Å². The van der Waals surface area contributed by atoms with Crippen LogP contribution in [0.15, 0.2) is 36.4 Å². The highest BCUT2D eigenvalue weighted by Gasteiger charge is 2.13. The van der Waals surface area contributed by atoms with E-state index in [0.717, 1.165) is 17.1 Å². The van der Waals surface area contributed by atoms with Crippen LogP contribution in [-0.4, -0.2) is 19.2 Å². The van der Waals surface area contributed by atoms with Crippen molar-refractivity contribution in [3.63, 3.8) is 0 Å². The number of halogens is 2. The first-order valence-corrected chi connectivity index (χ1v) is 7.72. The van der Waals surface area contributed by atoms with Crippen LogP contribution < -0.4 is 20.1 Å². The van der Waals surface area contributed by atoms with Gasteiger partial charge in [0.15, 0.2) is 11.5 Å². The van der Waals surface area contributed by atoms with E-state index in [0.29, 0.717) is 22.3 Å². The third-order valence-corrected chi connectivity index (χ3v) is 3.91. The van der Waals surface area contributed by atoms with Crippen molar-refractivity contribution >= 4 is 34.8 Å². The fraction of sp³-hybridized carbons (Fsp3) is 0.188. The molecular formula is C16H14Cl2N2O3. The van der Waals surface area contributed by atoms with Crippen LogP contribution in [0.5, 0.6) is 11.5 Å². The molecule has 7 heteroatoms. The van der Waals surface area contributed by atoms with Gasteiger partial charge in [0.2, 0.25) is 12.7 Å². The molecule has 0 atom stereocenters. The first-order chi connectivity index (χ1) is 11.1. The average Bonchev–Trinajstić information content (AvgIpc) is 2.99. The van der Waals surface area contributed by atoms with E-state index in [-0.39, 0.29) is 19.2 Å². The minimum atomic E-state index is -0.222. The van der Waals surface area contributed by atoms with E-state index in [1.54, 1.807) is 18.2 Å². The number of benzene rings is 2. The summed E-state index contributed by atoms with van der Waals surface area (Å²) in [6.07, 6.45) is 0. The molecule has 1 amide bonds. The van der Waals surface area contributed by atoms with Crippen LogP contribution in [-0.2, 0) is 11.3 Å². The molecule has 1 heterocycles. The Hall–Kier alpha value is -1.95. The first kappa shape index (κ1) is 15.9. The normalized spacial score (nSPS) is 12.3. The highest BCUT2D eigenvalue weighted by Crippen LogP contribution is 2.32. The van der Waals surface area contributed by atoms with Gasteiger partial charge in [0.05, 0.1) is 22.3 Å². The number of fused-ring (bicyclic) bond motifs is 1. The fourth-order valence-corrected chi connectivity index (χ4v) is 2.66. The van der Waals surface area contributed by atoms with Crippen molar-refractivity contribution in [2.45, 2.75) is 6.54 Å². The largest absolute Gasteiger partial charge is 0.454 e. The summed E-state index contributed by atoms with van der Waals surface area (Å²) in [6.45, 7) is 0.906. The molecule has 0 aliphatic carbocycles. The van der Waals surface area contributed by atoms with Crippen LogP contribution in [0.3, 0.4) is 0 Å². The number of nitrogens with one attached hydrogen (secondary N) is 2. The maximum Gasteiger partial charge on any atom is 0.238 e. The minimum Gasteiger partial charge on any atom is -0.454 e. The Morgan fingerprint density at radius 2 is 1.83 bits per heavy atom. The lowest BCUT2D eigenvalue weighted by Crippen LogP contribution is -2.27. The molecule has 0 spiro atoms. The molecule has 5 nitrogen and oxygen atoms in total. The van der Waals surface area contributed by atoms with Gasteiger partial charge in [-0.3, -0.25) is 4.79 Å². The number of anilines is 1. The molecule has 2 aromatic carbocycles. The molecular weight excluding hydrogens is 339 g/mol. The molecule has 0 saturated carbocycles. The van der Waals surface area contributed by atoms with Crippen LogP contribution in [0.2, 0.25) is 10.0 Å². The van der Waals surface area contributed by atoms with Gasteiger partial charge in [-0.05, 0) is 29.8 Å². The van der Waals surface area contributed by atoms with Crippen molar-refractivity contribution in [2.75, 3.05) is 18.7 Å². The number of hydrogen-bond donors (Lipinski definition) is 2. The molecule has 2 aromatic rings. The quantitative estimate of drug-likeness (QED) is 0.865. The molecule has 3 rings (SSSR count). The Morgan fingerprint density at radius 3 is 2.61 bits per heavy atom. The summed E-state index contributed by atoms with van der Waals surface area (Å²) in [5.74, 6) is 1.23. The second-order valence-corrected chi connectivity index (χ2v) is 5.75. The summed E-state index contributed by atoms with van der Waals surface area (Å²) >= 11 is 12.0. The monoisotopic (exact) mass is 352 g/mol. The van der Waals surface area contributed by atoms with Gasteiger partial charge in [-0.1, -0.05) is 35.3 Å². The maximum absolute atomic E-state index is 12.0. The number of ether oxygens (including phenoxy) is 2. The number of hydrogen-bond acceptors (Lipinski definition) is 4. The third kappa shape index (κ3) is 3.88. The van der Waals surface area contributed by atoms with Gasteiger partial charge in [0.25, 0.3) is 0 Å². The standard InChI is InChI=1S/C16H14Cl2N2O3/c17-11-2-1-3-12(18)16(11)20-15(21)8-19-7-10-4-5-13-14(6-10)23-9-22-13/h1-6,19H,7-9H2,(H,20,21). The summed E-state index contributed by atoms with van der Waals surface area (Å²) in [5, 5.41) is 6.56. The van der Waals surface area contributed by atoms with Crippen molar-refractivity contribution in [2.24, 2.45) is 0 Å². The Labute approximate surface area is 143 Å². The number of carbonyl (C=O) groups excluding carboxylic acids is 1. The number of carbonyl (C=O) groups is 1. The number of amides is 1. The first-order valence-electron chi connectivity index (χ1n) is 6.96. The van der Waals surface area contributed by atoms with Crippen LogP contribution in [0.25, 0.3) is 0 Å². The maximum atomic E-state index is 12.0. The Morgan fingerprint density at radius 1 is 1.09 bits per heavy atom. The second kappa shape index (κ2) is 7.08. The van der Waals surface area contributed by atoms with E-state index >= 15 is 0 Å². The molecule has 2 N–H and O–H groups in total. The van der Waals surface area contributed by atoms with Crippen molar-refractivity contribution < 1.29 is 14.3 Å². The van der Waals surface area contributed by atoms with Gasteiger partial charge in [0.1, 0.15) is 0 Å². The molecule has 23 heavy (non-hydrogen) atoms. The molecule has 0 saturated heterocycles. The zero-order valence-electron chi connectivity index (χ0n) is 12.1. The van der Waals surface area contributed by atoms with Gasteiger partial charge in [-0.25, -0.2) is 0 Å². The Bertz CT molecular complexity index is 717. The van der Waals surface area contributed by atoms with Gasteiger partial charge in [0, 0.05) is 6.54 Å². The van der Waals surface area contributed by atoms with Gasteiger partial charge >= 0.3 is 0 Å².